The number of carbonyl (C=O) groups is 2. The number of hydrogen-bond acceptors (Lipinski definition) is 3. The number of ether oxygens (including phenoxy) is 1. The molecule has 2 aromatic rings. The Morgan fingerprint density at radius 3 is 2.26 bits per heavy atom. The van der Waals surface area contributed by atoms with Crippen molar-refractivity contribution in [1.29, 1.82) is 0 Å². The fourth-order valence-corrected chi connectivity index (χ4v) is 3.99. The number of piperidine rings is 1. The molecule has 0 N–H and O–H groups in total. The van der Waals surface area contributed by atoms with E-state index in [1.54, 1.807) is 17.0 Å². The average molecular weight is 369 g/mol. The van der Waals surface area contributed by atoms with Gasteiger partial charge in [-0.25, -0.2) is 4.39 Å². The number of halogens is 1. The summed E-state index contributed by atoms with van der Waals surface area (Å²) in [5.74, 6) is -1.64. The third-order valence-electron chi connectivity index (χ3n) is 5.36. The van der Waals surface area contributed by atoms with E-state index in [1.165, 1.54) is 19.2 Å². The minimum atomic E-state index is -0.555. The van der Waals surface area contributed by atoms with Gasteiger partial charge in [-0.15, -0.1) is 0 Å². The first kappa shape index (κ1) is 19.1. The molecule has 2 aromatic carbocycles. The number of nitrogens with zero attached hydrogens (tertiary/aromatic N) is 1. The number of esters is 1. The van der Waals surface area contributed by atoms with Crippen LogP contribution in [0.5, 0.6) is 0 Å². The Morgan fingerprint density at radius 1 is 1.11 bits per heavy atom. The zero-order chi connectivity index (χ0) is 19.6. The highest BCUT2D eigenvalue weighted by Crippen LogP contribution is 2.45. The number of hydrogen-bond donors (Lipinski definition) is 0. The maximum atomic E-state index is 13.4. The lowest BCUT2D eigenvalue weighted by Gasteiger charge is -2.44. The van der Waals surface area contributed by atoms with Crippen LogP contribution < -0.4 is 0 Å². The second-order valence-electron chi connectivity index (χ2n) is 6.95. The molecule has 0 unspecified atom stereocenters. The predicted molar refractivity (Wildman–Crippen MR) is 101 cm³/mol. The Bertz CT molecular complexity index is 816. The maximum absolute atomic E-state index is 13.4. The zero-order valence-corrected chi connectivity index (χ0v) is 15.8. The van der Waals surface area contributed by atoms with Crippen LogP contribution >= 0.6 is 0 Å². The molecule has 0 aromatic heterocycles. The number of benzene rings is 2. The van der Waals surface area contributed by atoms with Crippen molar-refractivity contribution in [2.75, 3.05) is 13.7 Å². The molecule has 1 aliphatic rings. The molecule has 1 fully saturated rings. The molecule has 1 amide bonds. The Balaban J connectivity index is 2.12. The van der Waals surface area contributed by atoms with Gasteiger partial charge < -0.3 is 9.64 Å². The minimum absolute atomic E-state index is 0.0162. The van der Waals surface area contributed by atoms with Crippen molar-refractivity contribution >= 4 is 11.9 Å². The van der Waals surface area contributed by atoms with E-state index in [9.17, 15) is 14.0 Å². The molecule has 3 rings (SSSR count). The second kappa shape index (κ2) is 7.91. The maximum Gasteiger partial charge on any atom is 0.311 e. The largest absolute Gasteiger partial charge is 0.469 e. The van der Waals surface area contributed by atoms with Crippen molar-refractivity contribution in [3.05, 3.63) is 71.0 Å². The fourth-order valence-electron chi connectivity index (χ4n) is 3.99. The van der Waals surface area contributed by atoms with E-state index in [2.05, 4.69) is 0 Å². The number of aryl methyl sites for hydroxylation is 1. The summed E-state index contributed by atoms with van der Waals surface area (Å²) in [5.41, 5.74) is 2.78. The van der Waals surface area contributed by atoms with Gasteiger partial charge in [-0.05, 0) is 37.1 Å². The first-order valence-corrected chi connectivity index (χ1v) is 9.15. The van der Waals surface area contributed by atoms with Gasteiger partial charge in [0, 0.05) is 18.9 Å². The van der Waals surface area contributed by atoms with Crippen LogP contribution in [0.1, 0.15) is 42.0 Å². The smallest absolute Gasteiger partial charge is 0.311 e. The number of carbonyl (C=O) groups excluding carboxylic acids is 2. The quantitative estimate of drug-likeness (QED) is 0.766. The zero-order valence-electron chi connectivity index (χ0n) is 15.8. The lowest BCUT2D eigenvalue weighted by Crippen LogP contribution is -2.48. The molecule has 0 spiro atoms. The van der Waals surface area contributed by atoms with Gasteiger partial charge >= 0.3 is 5.97 Å². The van der Waals surface area contributed by atoms with E-state index < -0.39 is 12.0 Å². The van der Waals surface area contributed by atoms with Crippen molar-refractivity contribution in [3.8, 4) is 0 Å². The van der Waals surface area contributed by atoms with Gasteiger partial charge in [-0.1, -0.05) is 42.0 Å². The summed E-state index contributed by atoms with van der Waals surface area (Å²) in [4.78, 5) is 27.4. The lowest BCUT2D eigenvalue weighted by molar-refractivity contribution is -0.156. The second-order valence-corrected chi connectivity index (χ2v) is 6.95. The summed E-state index contributed by atoms with van der Waals surface area (Å²) in [5, 5.41) is 0. The number of likely N-dealkylation sites (tertiary alicyclic amines) is 1. The normalized spacial score (nSPS) is 22.6. The van der Waals surface area contributed by atoms with E-state index in [1.807, 2.05) is 38.1 Å². The van der Waals surface area contributed by atoms with Crippen LogP contribution in [0, 0.1) is 18.7 Å². The summed E-state index contributed by atoms with van der Waals surface area (Å²) < 4.78 is 18.5. The monoisotopic (exact) mass is 369 g/mol. The highest BCUT2D eigenvalue weighted by atomic mass is 19.1. The van der Waals surface area contributed by atoms with Crippen LogP contribution in [0.15, 0.2) is 48.5 Å². The van der Waals surface area contributed by atoms with Gasteiger partial charge in [0.2, 0.25) is 5.91 Å². The topological polar surface area (TPSA) is 46.6 Å². The molecule has 5 heteroatoms. The first-order chi connectivity index (χ1) is 13.0. The third kappa shape index (κ3) is 3.72. The Morgan fingerprint density at radius 2 is 1.70 bits per heavy atom. The van der Waals surface area contributed by atoms with E-state index in [0.717, 1.165) is 16.7 Å². The molecule has 1 heterocycles. The highest BCUT2D eigenvalue weighted by molar-refractivity contribution is 5.84. The number of methoxy groups -OCH3 is 1. The summed E-state index contributed by atoms with van der Waals surface area (Å²) in [6.07, 6.45) is 0.196. The lowest BCUT2D eigenvalue weighted by atomic mass is 9.73. The van der Waals surface area contributed by atoms with Crippen molar-refractivity contribution in [1.82, 2.24) is 4.90 Å². The van der Waals surface area contributed by atoms with Crippen LogP contribution in [0.3, 0.4) is 0 Å². The molecular weight excluding hydrogens is 345 g/mol. The first-order valence-electron chi connectivity index (χ1n) is 9.15. The standard InChI is InChI=1S/C22H24FNO3/c1-4-24-19(25)13-18(15-9-11-17(23)12-10-15)20(22(26)27-3)21(24)16-7-5-14(2)6-8-16/h5-12,18,20-21H,4,13H2,1-3H3/t18-,20+,21-/m1/s1. The van der Waals surface area contributed by atoms with Gasteiger partial charge in [-0.2, -0.15) is 0 Å². The molecule has 0 aliphatic carbocycles. The molecule has 3 atom stereocenters. The van der Waals surface area contributed by atoms with Gasteiger partial charge in [0.05, 0.1) is 19.1 Å². The Kier molecular flexibility index (Phi) is 5.59. The SMILES string of the molecule is CCN1C(=O)C[C@H](c2ccc(F)cc2)[C@H](C(=O)OC)[C@H]1c1ccc(C)cc1. The van der Waals surface area contributed by atoms with Crippen molar-refractivity contribution in [2.24, 2.45) is 5.92 Å². The molecular formula is C22H24FNO3. The van der Waals surface area contributed by atoms with Crippen LogP contribution in [0.25, 0.3) is 0 Å². The fraction of sp³-hybridized carbons (Fsp3) is 0.364. The number of rotatable bonds is 4. The molecule has 4 nitrogen and oxygen atoms in total. The van der Waals surface area contributed by atoms with Gasteiger partial charge in [0.25, 0.3) is 0 Å². The molecule has 1 saturated heterocycles. The third-order valence-corrected chi connectivity index (χ3v) is 5.36. The van der Waals surface area contributed by atoms with Crippen LogP contribution in [0.2, 0.25) is 0 Å². The Labute approximate surface area is 158 Å². The summed E-state index contributed by atoms with van der Waals surface area (Å²) >= 11 is 0. The minimum Gasteiger partial charge on any atom is -0.469 e. The molecule has 1 aliphatic heterocycles. The predicted octanol–water partition coefficient (Wildman–Crippen LogP) is 4.00. The van der Waals surface area contributed by atoms with Gasteiger partial charge in [0.15, 0.2) is 0 Å². The van der Waals surface area contributed by atoms with E-state index in [0.29, 0.717) is 6.54 Å². The van der Waals surface area contributed by atoms with Crippen LogP contribution in [-0.2, 0) is 14.3 Å². The van der Waals surface area contributed by atoms with Crippen molar-refractivity contribution in [2.45, 2.75) is 32.2 Å². The summed E-state index contributed by atoms with van der Waals surface area (Å²) in [6.45, 7) is 4.40. The van der Waals surface area contributed by atoms with Crippen LogP contribution in [-0.4, -0.2) is 30.4 Å². The van der Waals surface area contributed by atoms with Gasteiger partial charge in [0.1, 0.15) is 5.82 Å². The summed E-state index contributed by atoms with van der Waals surface area (Å²) in [7, 11) is 1.36. The average Bonchev–Trinajstić information content (AvgIpc) is 2.68. The molecule has 0 saturated carbocycles. The number of amides is 1. The highest BCUT2D eigenvalue weighted by Gasteiger charge is 2.47. The van der Waals surface area contributed by atoms with Crippen LogP contribution in [0.4, 0.5) is 4.39 Å². The van der Waals surface area contributed by atoms with Gasteiger partial charge in [-0.3, -0.25) is 9.59 Å². The van der Waals surface area contributed by atoms with Crippen molar-refractivity contribution < 1.29 is 18.7 Å². The molecule has 0 bridgehead atoms. The molecule has 142 valence electrons. The van der Waals surface area contributed by atoms with E-state index in [-0.39, 0.29) is 30.0 Å². The summed E-state index contributed by atoms with van der Waals surface area (Å²) in [6, 6.07) is 13.5. The Hall–Kier alpha value is -2.69. The van der Waals surface area contributed by atoms with Crippen molar-refractivity contribution in [3.63, 3.8) is 0 Å². The molecule has 27 heavy (non-hydrogen) atoms. The van der Waals surface area contributed by atoms with E-state index >= 15 is 0 Å². The molecule has 0 radical (unpaired) electrons. The van der Waals surface area contributed by atoms with E-state index in [4.69, 9.17) is 4.74 Å².